The molecule has 1 aromatic carbocycles. The fourth-order valence-corrected chi connectivity index (χ4v) is 2.07. The van der Waals surface area contributed by atoms with Gasteiger partial charge in [0.05, 0.1) is 12.7 Å². The molecule has 4 nitrogen and oxygen atoms in total. The van der Waals surface area contributed by atoms with Crippen LogP contribution in [-0.2, 0) is 17.8 Å². The van der Waals surface area contributed by atoms with E-state index in [1.165, 1.54) is 12.1 Å². The number of ether oxygens (including phenoxy) is 1. The molecule has 0 fully saturated rings. The maximum absolute atomic E-state index is 12.9. The van der Waals surface area contributed by atoms with Crippen molar-refractivity contribution >= 4 is 5.97 Å². The van der Waals surface area contributed by atoms with Gasteiger partial charge in [0, 0.05) is 11.8 Å². The summed E-state index contributed by atoms with van der Waals surface area (Å²) >= 11 is 0. The standard InChI is InChI=1S/C17H18FNO3/c1-11(2)22-17(21)16-14(10-20)8-13(9-19-16)7-12-3-5-15(18)6-4-12/h3-6,8-9,11,20H,7,10H2,1-2H3. The van der Waals surface area contributed by atoms with Gasteiger partial charge in [-0.15, -0.1) is 0 Å². The second-order valence-electron chi connectivity index (χ2n) is 5.27. The first kappa shape index (κ1) is 16.1. The molecule has 0 unspecified atom stereocenters. The predicted octanol–water partition coefficient (Wildman–Crippen LogP) is 2.87. The van der Waals surface area contributed by atoms with Crippen LogP contribution in [0, 0.1) is 5.82 Å². The number of nitrogens with zero attached hydrogens (tertiary/aromatic N) is 1. The molecule has 1 N–H and O–H groups in total. The first-order valence-corrected chi connectivity index (χ1v) is 7.03. The Hall–Kier alpha value is -2.27. The molecule has 1 heterocycles. The van der Waals surface area contributed by atoms with Crippen LogP contribution in [-0.4, -0.2) is 22.2 Å². The number of aromatic nitrogens is 1. The first-order chi connectivity index (χ1) is 10.5. The van der Waals surface area contributed by atoms with E-state index in [4.69, 9.17) is 4.74 Å². The maximum atomic E-state index is 12.9. The van der Waals surface area contributed by atoms with Gasteiger partial charge in [0.15, 0.2) is 5.69 Å². The van der Waals surface area contributed by atoms with E-state index < -0.39 is 5.97 Å². The first-order valence-electron chi connectivity index (χ1n) is 7.03. The monoisotopic (exact) mass is 303 g/mol. The molecule has 1 aromatic heterocycles. The van der Waals surface area contributed by atoms with Crippen LogP contribution in [0.25, 0.3) is 0 Å². The Morgan fingerprint density at radius 1 is 1.27 bits per heavy atom. The average Bonchev–Trinajstić information content (AvgIpc) is 2.48. The normalized spacial score (nSPS) is 10.8. The Morgan fingerprint density at radius 3 is 2.55 bits per heavy atom. The molecule has 2 rings (SSSR count). The molecule has 22 heavy (non-hydrogen) atoms. The van der Waals surface area contributed by atoms with Gasteiger partial charge in [0.1, 0.15) is 5.82 Å². The van der Waals surface area contributed by atoms with Crippen LogP contribution >= 0.6 is 0 Å². The van der Waals surface area contributed by atoms with Gasteiger partial charge in [-0.1, -0.05) is 12.1 Å². The lowest BCUT2D eigenvalue weighted by Gasteiger charge is -2.11. The second kappa shape index (κ2) is 7.13. The zero-order valence-corrected chi connectivity index (χ0v) is 12.5. The number of rotatable bonds is 5. The topological polar surface area (TPSA) is 59.4 Å². The lowest BCUT2D eigenvalue weighted by atomic mass is 10.0. The van der Waals surface area contributed by atoms with Crippen LogP contribution in [0.5, 0.6) is 0 Å². The van der Waals surface area contributed by atoms with Crippen LogP contribution < -0.4 is 0 Å². The van der Waals surface area contributed by atoms with Crippen molar-refractivity contribution in [3.05, 3.63) is 64.7 Å². The van der Waals surface area contributed by atoms with Crippen molar-refractivity contribution in [2.45, 2.75) is 33.0 Å². The number of hydrogen-bond acceptors (Lipinski definition) is 4. The number of hydrogen-bond donors (Lipinski definition) is 1. The summed E-state index contributed by atoms with van der Waals surface area (Å²) in [5.41, 5.74) is 2.30. The summed E-state index contributed by atoms with van der Waals surface area (Å²) in [6, 6.07) is 7.88. The molecule has 0 bridgehead atoms. The third kappa shape index (κ3) is 4.11. The second-order valence-corrected chi connectivity index (χ2v) is 5.27. The highest BCUT2D eigenvalue weighted by Crippen LogP contribution is 2.15. The number of aliphatic hydroxyl groups excluding tert-OH is 1. The van der Waals surface area contributed by atoms with E-state index in [0.717, 1.165) is 11.1 Å². The summed E-state index contributed by atoms with van der Waals surface area (Å²) in [6.45, 7) is 3.20. The molecular weight excluding hydrogens is 285 g/mol. The molecule has 0 radical (unpaired) electrons. The molecule has 2 aromatic rings. The van der Waals surface area contributed by atoms with E-state index in [0.29, 0.717) is 12.0 Å². The lowest BCUT2D eigenvalue weighted by molar-refractivity contribution is 0.0367. The maximum Gasteiger partial charge on any atom is 0.357 e. The van der Waals surface area contributed by atoms with Crippen molar-refractivity contribution in [1.29, 1.82) is 0 Å². The Morgan fingerprint density at radius 2 is 1.95 bits per heavy atom. The van der Waals surface area contributed by atoms with Gasteiger partial charge in [-0.05, 0) is 49.6 Å². The van der Waals surface area contributed by atoms with Gasteiger partial charge in [0.2, 0.25) is 0 Å². The van der Waals surface area contributed by atoms with E-state index in [1.807, 2.05) is 0 Å². The van der Waals surface area contributed by atoms with Crippen molar-refractivity contribution in [3.63, 3.8) is 0 Å². The fourth-order valence-electron chi connectivity index (χ4n) is 2.07. The van der Waals surface area contributed by atoms with Crippen molar-refractivity contribution < 1.29 is 19.0 Å². The quantitative estimate of drug-likeness (QED) is 0.863. The van der Waals surface area contributed by atoms with Gasteiger partial charge < -0.3 is 9.84 Å². The zero-order valence-electron chi connectivity index (χ0n) is 12.5. The molecular formula is C17H18FNO3. The minimum Gasteiger partial charge on any atom is -0.458 e. The van der Waals surface area contributed by atoms with Crippen LogP contribution in [0.3, 0.4) is 0 Å². The molecule has 0 spiro atoms. The molecule has 0 atom stereocenters. The van der Waals surface area contributed by atoms with Crippen molar-refractivity contribution in [3.8, 4) is 0 Å². The van der Waals surface area contributed by atoms with Gasteiger partial charge in [-0.2, -0.15) is 0 Å². The van der Waals surface area contributed by atoms with Crippen LogP contribution in [0.2, 0.25) is 0 Å². The third-order valence-corrected chi connectivity index (χ3v) is 3.05. The highest BCUT2D eigenvalue weighted by molar-refractivity contribution is 5.89. The average molecular weight is 303 g/mol. The van der Waals surface area contributed by atoms with E-state index >= 15 is 0 Å². The van der Waals surface area contributed by atoms with Crippen LogP contribution in [0.4, 0.5) is 4.39 Å². The van der Waals surface area contributed by atoms with Crippen molar-refractivity contribution in [1.82, 2.24) is 4.98 Å². The highest BCUT2D eigenvalue weighted by Gasteiger charge is 2.16. The summed E-state index contributed by atoms with van der Waals surface area (Å²) in [6.07, 6.45) is 1.86. The summed E-state index contributed by atoms with van der Waals surface area (Å²) in [7, 11) is 0. The van der Waals surface area contributed by atoms with Crippen LogP contribution in [0.15, 0.2) is 36.5 Å². The number of esters is 1. The Balaban J connectivity index is 2.21. The van der Waals surface area contributed by atoms with E-state index in [1.54, 1.807) is 38.2 Å². The number of carbonyl (C=O) groups is 1. The predicted molar refractivity (Wildman–Crippen MR) is 79.9 cm³/mol. The molecule has 5 heteroatoms. The smallest absolute Gasteiger partial charge is 0.357 e. The fraction of sp³-hybridized carbons (Fsp3) is 0.294. The number of halogens is 1. The van der Waals surface area contributed by atoms with Gasteiger partial charge in [-0.25, -0.2) is 14.2 Å². The third-order valence-electron chi connectivity index (χ3n) is 3.05. The summed E-state index contributed by atoms with van der Waals surface area (Å²) in [5, 5.41) is 9.43. The van der Waals surface area contributed by atoms with Crippen molar-refractivity contribution in [2.24, 2.45) is 0 Å². The van der Waals surface area contributed by atoms with E-state index in [-0.39, 0.29) is 24.2 Å². The molecule has 0 saturated heterocycles. The molecule has 116 valence electrons. The van der Waals surface area contributed by atoms with Gasteiger partial charge in [0.25, 0.3) is 0 Å². The summed E-state index contributed by atoms with van der Waals surface area (Å²) < 4.78 is 18.0. The Kier molecular flexibility index (Phi) is 5.22. The zero-order chi connectivity index (χ0) is 16.1. The SMILES string of the molecule is CC(C)OC(=O)c1ncc(Cc2ccc(F)cc2)cc1CO. The van der Waals surface area contributed by atoms with Crippen LogP contribution in [0.1, 0.15) is 41.0 Å². The van der Waals surface area contributed by atoms with E-state index in [2.05, 4.69) is 4.98 Å². The molecule has 0 aliphatic heterocycles. The minimum atomic E-state index is -0.549. The largest absolute Gasteiger partial charge is 0.458 e. The van der Waals surface area contributed by atoms with Gasteiger partial charge in [-0.3, -0.25) is 0 Å². The van der Waals surface area contributed by atoms with E-state index in [9.17, 15) is 14.3 Å². The highest BCUT2D eigenvalue weighted by atomic mass is 19.1. The number of pyridine rings is 1. The summed E-state index contributed by atoms with van der Waals surface area (Å²) in [5.74, 6) is -0.836. The number of benzene rings is 1. The minimum absolute atomic E-state index is 0.124. The van der Waals surface area contributed by atoms with Crippen molar-refractivity contribution in [2.75, 3.05) is 0 Å². The Labute approximate surface area is 128 Å². The molecule has 0 amide bonds. The number of aliphatic hydroxyl groups is 1. The Bertz CT molecular complexity index is 653. The molecule has 0 aliphatic carbocycles. The molecule has 0 saturated carbocycles. The molecule has 0 aliphatic rings. The van der Waals surface area contributed by atoms with Gasteiger partial charge >= 0.3 is 5.97 Å². The number of carbonyl (C=O) groups excluding carboxylic acids is 1. The lowest BCUT2D eigenvalue weighted by Crippen LogP contribution is -2.15. The summed E-state index contributed by atoms with van der Waals surface area (Å²) in [4.78, 5) is 16.0.